The van der Waals surface area contributed by atoms with E-state index in [0.717, 1.165) is 30.0 Å². The van der Waals surface area contributed by atoms with E-state index in [1.807, 2.05) is 6.07 Å². The molecule has 1 N–H and O–H groups in total. The summed E-state index contributed by atoms with van der Waals surface area (Å²) >= 11 is 1.31. The van der Waals surface area contributed by atoms with Crippen molar-refractivity contribution < 1.29 is 18.0 Å². The van der Waals surface area contributed by atoms with Gasteiger partial charge in [0, 0.05) is 24.7 Å². The maximum atomic E-state index is 13.2. The van der Waals surface area contributed by atoms with Crippen molar-refractivity contribution in [1.29, 1.82) is 5.26 Å². The van der Waals surface area contributed by atoms with E-state index in [1.165, 1.54) is 46.9 Å². The van der Waals surface area contributed by atoms with Gasteiger partial charge in [0.05, 0.1) is 23.1 Å². The van der Waals surface area contributed by atoms with E-state index < -0.39 is 22.0 Å². The fourth-order valence-electron chi connectivity index (χ4n) is 4.64. The molecule has 1 atom stereocenters. The number of rotatable bonds is 7. The minimum atomic E-state index is -3.89. The third-order valence-electron chi connectivity index (χ3n) is 6.47. The Balaban J connectivity index is 1.49. The lowest BCUT2D eigenvalue weighted by atomic mass is 9.84. The summed E-state index contributed by atoms with van der Waals surface area (Å²) in [6, 6.07) is 6.92. The Morgan fingerprint density at radius 2 is 1.94 bits per heavy atom. The van der Waals surface area contributed by atoms with Crippen molar-refractivity contribution in [2.45, 2.75) is 49.5 Å². The van der Waals surface area contributed by atoms with Gasteiger partial charge >= 0.3 is 0 Å². The van der Waals surface area contributed by atoms with Gasteiger partial charge in [-0.15, -0.1) is 11.3 Å². The monoisotopic (exact) mass is 501 g/mol. The molecule has 2 aliphatic rings. The molecule has 9 nitrogen and oxygen atoms in total. The normalized spacial score (nSPS) is 18.9. The highest BCUT2D eigenvalue weighted by atomic mass is 32.2. The number of benzene rings is 1. The first-order valence-corrected chi connectivity index (χ1v) is 13.7. The highest BCUT2D eigenvalue weighted by molar-refractivity contribution is 7.89. The third-order valence-corrected chi connectivity index (χ3v) is 9.01. The molecule has 0 unspecified atom stereocenters. The number of hydrogen-bond acceptors (Lipinski definition) is 7. The van der Waals surface area contributed by atoms with Gasteiger partial charge in [-0.2, -0.15) is 9.57 Å². The van der Waals surface area contributed by atoms with E-state index in [9.17, 15) is 18.0 Å². The maximum absolute atomic E-state index is 13.2. The minimum absolute atomic E-state index is 0.0352. The van der Waals surface area contributed by atoms with E-state index >= 15 is 0 Å². The Labute approximate surface area is 203 Å². The van der Waals surface area contributed by atoms with Gasteiger partial charge in [-0.25, -0.2) is 13.4 Å². The Morgan fingerprint density at radius 3 is 2.56 bits per heavy atom. The smallest absolute Gasteiger partial charge is 0.248 e. The van der Waals surface area contributed by atoms with Gasteiger partial charge in [0.1, 0.15) is 6.04 Å². The van der Waals surface area contributed by atoms with Crippen LogP contribution in [-0.2, 0) is 19.6 Å². The lowest BCUT2D eigenvalue weighted by molar-refractivity contribution is -0.142. The largest absolute Gasteiger partial charge is 0.328 e. The van der Waals surface area contributed by atoms with E-state index in [-0.39, 0.29) is 30.4 Å². The zero-order valence-electron chi connectivity index (χ0n) is 18.7. The van der Waals surface area contributed by atoms with Gasteiger partial charge in [0.15, 0.2) is 5.13 Å². The summed E-state index contributed by atoms with van der Waals surface area (Å²) in [7, 11) is -3.89. The molecule has 0 radical (unpaired) electrons. The van der Waals surface area contributed by atoms with Crippen LogP contribution in [0.1, 0.15) is 44.1 Å². The number of hydrogen-bond donors (Lipinski definition) is 1. The molecule has 0 bridgehead atoms. The zero-order valence-corrected chi connectivity index (χ0v) is 20.4. The molecule has 1 aliphatic heterocycles. The molecule has 1 saturated carbocycles. The number of carbonyl (C=O) groups is 2. The van der Waals surface area contributed by atoms with Gasteiger partial charge in [0.2, 0.25) is 21.8 Å². The molecule has 2 heterocycles. The molecule has 11 heteroatoms. The summed E-state index contributed by atoms with van der Waals surface area (Å²) in [6.07, 6.45) is 7.66. The summed E-state index contributed by atoms with van der Waals surface area (Å²) < 4.78 is 27.3. The van der Waals surface area contributed by atoms with Crippen LogP contribution in [0.15, 0.2) is 40.7 Å². The molecule has 34 heavy (non-hydrogen) atoms. The first-order valence-electron chi connectivity index (χ1n) is 11.4. The first-order chi connectivity index (χ1) is 16.4. The van der Waals surface area contributed by atoms with Crippen LogP contribution in [0.2, 0.25) is 0 Å². The zero-order chi connectivity index (χ0) is 24.1. The first kappa shape index (κ1) is 24.3. The number of carbonyl (C=O) groups excluding carboxylic acids is 2. The number of nitrogens with zero attached hydrogens (tertiary/aromatic N) is 4. The predicted molar refractivity (Wildman–Crippen MR) is 127 cm³/mol. The van der Waals surface area contributed by atoms with Crippen LogP contribution in [-0.4, -0.2) is 60.1 Å². The average Bonchev–Trinajstić information content (AvgIpc) is 3.36. The second-order valence-corrected chi connectivity index (χ2v) is 11.5. The number of amides is 2. The second-order valence-electron chi connectivity index (χ2n) is 8.64. The summed E-state index contributed by atoms with van der Waals surface area (Å²) in [6.45, 7) is -0.0924. The number of nitrogens with one attached hydrogen (secondary N) is 1. The number of piperazine rings is 1. The Morgan fingerprint density at radius 1 is 1.21 bits per heavy atom. The van der Waals surface area contributed by atoms with Crippen molar-refractivity contribution in [3.8, 4) is 6.07 Å². The average molecular weight is 502 g/mol. The molecule has 1 aliphatic carbocycles. The molecule has 4 rings (SSSR count). The highest BCUT2D eigenvalue weighted by Gasteiger charge is 2.39. The molecule has 180 valence electrons. The van der Waals surface area contributed by atoms with E-state index in [4.69, 9.17) is 5.26 Å². The van der Waals surface area contributed by atoms with E-state index in [0.29, 0.717) is 23.0 Å². The highest BCUT2D eigenvalue weighted by Crippen LogP contribution is 2.30. The van der Waals surface area contributed by atoms with Crippen LogP contribution in [0.5, 0.6) is 0 Å². The number of aromatic nitrogens is 1. The van der Waals surface area contributed by atoms with Crippen LogP contribution < -0.4 is 5.32 Å². The fraction of sp³-hybridized carbons (Fsp3) is 0.478. The van der Waals surface area contributed by atoms with Crippen LogP contribution in [0.25, 0.3) is 0 Å². The molecule has 0 spiro atoms. The summed E-state index contributed by atoms with van der Waals surface area (Å²) in [4.78, 5) is 32.0. The molecule has 2 amide bonds. The number of nitriles is 1. The fourth-order valence-corrected chi connectivity index (χ4v) is 6.55. The van der Waals surface area contributed by atoms with Crippen molar-refractivity contribution in [2.75, 3.05) is 25.0 Å². The van der Waals surface area contributed by atoms with Gasteiger partial charge in [0.25, 0.3) is 0 Å². The maximum Gasteiger partial charge on any atom is 0.248 e. The third kappa shape index (κ3) is 5.46. The summed E-state index contributed by atoms with van der Waals surface area (Å²) in [5.74, 6) is -0.315. The van der Waals surface area contributed by atoms with Gasteiger partial charge in [-0.1, -0.05) is 32.1 Å². The number of anilines is 1. The quantitative estimate of drug-likeness (QED) is 0.622. The number of sulfonamides is 1. The Kier molecular flexibility index (Phi) is 7.60. The van der Waals surface area contributed by atoms with Crippen molar-refractivity contribution >= 4 is 38.3 Å². The van der Waals surface area contributed by atoms with Crippen molar-refractivity contribution in [3.05, 3.63) is 41.4 Å². The lowest BCUT2D eigenvalue weighted by Gasteiger charge is -2.39. The second kappa shape index (κ2) is 10.6. The standard InChI is InChI=1S/C23H27N5O4S2/c24-15-18-6-8-19(9-7-18)34(31,32)27-11-12-28(21(29)16-27)20(14-17-4-2-1-3-5-17)22(30)26-23-25-10-13-33-23/h6-10,13,17,20H,1-5,11-12,14,16H2,(H,25,26,30)/t20-/m0/s1. The minimum Gasteiger partial charge on any atom is -0.328 e. The molecule has 1 aromatic carbocycles. The predicted octanol–water partition coefficient (Wildman–Crippen LogP) is 2.83. The van der Waals surface area contributed by atoms with Crippen LogP contribution in [0, 0.1) is 17.2 Å². The molecule has 2 fully saturated rings. The van der Waals surface area contributed by atoms with E-state index in [1.54, 1.807) is 11.6 Å². The molecular weight excluding hydrogens is 474 g/mol. The van der Waals surface area contributed by atoms with Crippen LogP contribution in [0.4, 0.5) is 5.13 Å². The van der Waals surface area contributed by atoms with Crippen molar-refractivity contribution in [1.82, 2.24) is 14.2 Å². The Bertz CT molecular complexity index is 1150. The van der Waals surface area contributed by atoms with Crippen LogP contribution in [0.3, 0.4) is 0 Å². The van der Waals surface area contributed by atoms with Gasteiger partial charge < -0.3 is 10.2 Å². The van der Waals surface area contributed by atoms with Crippen LogP contribution >= 0.6 is 11.3 Å². The molecular formula is C23H27N5O4S2. The van der Waals surface area contributed by atoms with E-state index in [2.05, 4.69) is 10.3 Å². The topological polar surface area (TPSA) is 123 Å². The Hall–Kier alpha value is -2.81. The number of thiazole rings is 1. The summed E-state index contributed by atoms with van der Waals surface area (Å²) in [5.41, 5.74) is 0.358. The lowest BCUT2D eigenvalue weighted by Crippen LogP contribution is -2.58. The molecule has 1 aromatic heterocycles. The van der Waals surface area contributed by atoms with Gasteiger partial charge in [-0.3, -0.25) is 9.59 Å². The molecule has 1 saturated heterocycles. The SMILES string of the molecule is N#Cc1ccc(S(=O)(=O)N2CCN([C@@H](CC3CCCCC3)C(=O)Nc3nccs3)C(=O)C2)cc1. The molecule has 2 aromatic rings. The summed E-state index contributed by atoms with van der Waals surface area (Å²) in [5, 5.41) is 14.0. The van der Waals surface area contributed by atoms with Gasteiger partial charge in [-0.05, 0) is 36.6 Å². The van der Waals surface area contributed by atoms with Crippen molar-refractivity contribution in [3.63, 3.8) is 0 Å². The van der Waals surface area contributed by atoms with Crippen molar-refractivity contribution in [2.24, 2.45) is 5.92 Å².